The molecule has 1 heterocycles. The van der Waals surface area contributed by atoms with Crippen LogP contribution in [-0.4, -0.2) is 46.8 Å². The van der Waals surface area contributed by atoms with Crippen molar-refractivity contribution < 1.29 is 22.3 Å². The standard InChI is InChI=1S/C16H17AsClFN2O4S/c1-3-8-26(23,24)17-11-5-6-12(18)14(15(11)19)16(22)21-10-4-7-13(25-2)20-9-10/h4-7,9,17H,3,8H2,1-2H3,(H,21,22). The van der Waals surface area contributed by atoms with Crippen molar-refractivity contribution >= 4 is 50.2 Å². The van der Waals surface area contributed by atoms with Crippen LogP contribution in [0.4, 0.5) is 10.1 Å². The van der Waals surface area contributed by atoms with Crippen molar-refractivity contribution in [2.75, 3.05) is 18.2 Å². The molecule has 0 spiro atoms. The van der Waals surface area contributed by atoms with E-state index in [1.165, 1.54) is 31.5 Å². The summed E-state index contributed by atoms with van der Waals surface area (Å²) in [7, 11) is -1.89. The molecule has 2 aromatic rings. The maximum absolute atomic E-state index is 14.8. The fourth-order valence-corrected chi connectivity index (χ4v) is 8.92. The number of carbonyl (C=O) groups is 1. The Labute approximate surface area is 161 Å². The number of methoxy groups -OCH3 is 1. The molecule has 1 aromatic carbocycles. The first-order chi connectivity index (χ1) is 12.3. The summed E-state index contributed by atoms with van der Waals surface area (Å²) in [6.45, 7) is 1.74. The summed E-state index contributed by atoms with van der Waals surface area (Å²) >= 11 is 4.17. The average Bonchev–Trinajstić information content (AvgIpc) is 2.58. The van der Waals surface area contributed by atoms with E-state index >= 15 is 0 Å². The predicted octanol–water partition coefficient (Wildman–Crippen LogP) is 1.94. The van der Waals surface area contributed by atoms with E-state index in [1.807, 2.05) is 0 Å². The Balaban J connectivity index is 2.29. The van der Waals surface area contributed by atoms with Gasteiger partial charge in [-0.15, -0.1) is 0 Å². The van der Waals surface area contributed by atoms with Crippen LogP contribution >= 0.6 is 11.6 Å². The van der Waals surface area contributed by atoms with Crippen LogP contribution in [0, 0.1) is 5.82 Å². The number of aromatic nitrogens is 1. The number of anilines is 1. The van der Waals surface area contributed by atoms with E-state index in [0.29, 0.717) is 18.0 Å². The normalized spacial score (nSPS) is 11.7. The second kappa shape index (κ2) is 8.84. The number of benzene rings is 1. The Morgan fingerprint density at radius 3 is 2.65 bits per heavy atom. The number of halogens is 2. The first-order valence-electron chi connectivity index (χ1n) is 7.57. The molecule has 26 heavy (non-hydrogen) atoms. The molecule has 0 saturated heterocycles. The van der Waals surface area contributed by atoms with Crippen LogP contribution in [-0.2, 0) is 8.10 Å². The van der Waals surface area contributed by atoms with Gasteiger partial charge in [-0.3, -0.25) is 0 Å². The molecule has 1 aromatic heterocycles. The van der Waals surface area contributed by atoms with Crippen molar-refractivity contribution in [1.29, 1.82) is 0 Å². The summed E-state index contributed by atoms with van der Waals surface area (Å²) in [6, 6.07) is 5.75. The molecular weight excluding hydrogens is 446 g/mol. The number of rotatable bonds is 7. The summed E-state index contributed by atoms with van der Waals surface area (Å²) in [6.07, 6.45) is 1.81. The number of nitrogens with one attached hydrogen (secondary N) is 1. The van der Waals surface area contributed by atoms with Crippen LogP contribution in [0.5, 0.6) is 5.88 Å². The van der Waals surface area contributed by atoms with Crippen molar-refractivity contribution in [3.05, 3.63) is 46.9 Å². The molecule has 140 valence electrons. The quantitative estimate of drug-likeness (QED) is 0.636. The van der Waals surface area contributed by atoms with Gasteiger partial charge in [-0.25, -0.2) is 0 Å². The van der Waals surface area contributed by atoms with Crippen molar-refractivity contribution in [2.24, 2.45) is 0 Å². The van der Waals surface area contributed by atoms with Crippen molar-refractivity contribution in [2.45, 2.75) is 13.3 Å². The van der Waals surface area contributed by atoms with Crippen LogP contribution in [0.25, 0.3) is 0 Å². The Morgan fingerprint density at radius 2 is 2.08 bits per heavy atom. The van der Waals surface area contributed by atoms with Gasteiger partial charge in [0.2, 0.25) is 0 Å². The fraction of sp³-hybridized carbons (Fsp3) is 0.250. The van der Waals surface area contributed by atoms with Gasteiger partial charge >= 0.3 is 162 Å². The third-order valence-electron chi connectivity index (χ3n) is 3.26. The van der Waals surface area contributed by atoms with E-state index < -0.39 is 34.4 Å². The van der Waals surface area contributed by atoms with Gasteiger partial charge in [0.15, 0.2) is 0 Å². The predicted molar refractivity (Wildman–Crippen MR) is 101 cm³/mol. The molecule has 0 aliphatic heterocycles. The number of nitrogens with zero attached hydrogens (tertiary/aromatic N) is 1. The third-order valence-corrected chi connectivity index (χ3v) is 10.5. The molecular formula is C16H17AsClFN2O4S. The number of ether oxygens (including phenoxy) is 1. The second-order valence-electron chi connectivity index (χ2n) is 5.25. The van der Waals surface area contributed by atoms with Crippen LogP contribution < -0.4 is 14.4 Å². The van der Waals surface area contributed by atoms with Crippen LogP contribution in [0.2, 0.25) is 5.02 Å². The van der Waals surface area contributed by atoms with E-state index in [4.69, 9.17) is 16.3 Å². The molecule has 1 amide bonds. The minimum absolute atomic E-state index is 0.00584. The number of hydrogen-bond donors (Lipinski definition) is 1. The van der Waals surface area contributed by atoms with E-state index in [2.05, 4.69) is 10.3 Å². The van der Waals surface area contributed by atoms with Gasteiger partial charge in [0.05, 0.1) is 0 Å². The fourth-order valence-electron chi connectivity index (χ4n) is 2.10. The summed E-state index contributed by atoms with van der Waals surface area (Å²) in [4.78, 5) is 16.4. The van der Waals surface area contributed by atoms with E-state index in [9.17, 15) is 17.6 Å². The minimum atomic E-state index is -3.34. The zero-order chi connectivity index (χ0) is 19.3. The average molecular weight is 463 g/mol. The molecule has 2 rings (SSSR count). The molecule has 0 fully saturated rings. The molecule has 1 atom stereocenters. The van der Waals surface area contributed by atoms with E-state index in [-0.39, 0.29) is 20.7 Å². The van der Waals surface area contributed by atoms with Crippen molar-refractivity contribution in [3.8, 4) is 5.88 Å². The molecule has 6 nitrogen and oxygen atoms in total. The van der Waals surface area contributed by atoms with Gasteiger partial charge in [-0.05, 0) is 0 Å². The van der Waals surface area contributed by atoms with Gasteiger partial charge in [0.1, 0.15) is 0 Å². The third kappa shape index (κ3) is 5.19. The second-order valence-corrected chi connectivity index (χ2v) is 13.8. The molecule has 1 N–H and O–H groups in total. The van der Waals surface area contributed by atoms with Crippen LogP contribution in [0.1, 0.15) is 23.7 Å². The number of pyridine rings is 1. The van der Waals surface area contributed by atoms with Gasteiger partial charge in [0.25, 0.3) is 0 Å². The monoisotopic (exact) mass is 462 g/mol. The summed E-state index contributed by atoms with van der Waals surface area (Å²) < 4.78 is 43.7. The molecule has 0 saturated carbocycles. The Morgan fingerprint density at radius 1 is 1.35 bits per heavy atom. The topological polar surface area (TPSA) is 85.4 Å². The molecule has 0 bridgehead atoms. The molecule has 0 aliphatic rings. The molecule has 1 unspecified atom stereocenters. The Bertz CT molecular complexity index is 907. The summed E-state index contributed by atoms with van der Waals surface area (Å²) in [5.74, 6) is -1.31. The van der Waals surface area contributed by atoms with Gasteiger partial charge in [0, 0.05) is 0 Å². The summed E-state index contributed by atoms with van der Waals surface area (Å²) in [5.41, 5.74) is -0.0540. The number of amides is 1. The van der Waals surface area contributed by atoms with Crippen molar-refractivity contribution in [3.63, 3.8) is 0 Å². The molecule has 0 aliphatic carbocycles. The van der Waals surface area contributed by atoms with Crippen LogP contribution in [0.15, 0.2) is 30.5 Å². The van der Waals surface area contributed by atoms with E-state index in [0.717, 1.165) is 0 Å². The van der Waals surface area contributed by atoms with Gasteiger partial charge < -0.3 is 0 Å². The van der Waals surface area contributed by atoms with Crippen LogP contribution in [0.3, 0.4) is 0 Å². The SMILES string of the molecule is CCCS(=O)(=O)[AsH]c1ccc(Cl)c(C(=O)Nc2ccc(OC)nc2)c1F. The first kappa shape index (κ1) is 20.7. The number of hydrogen-bond acceptors (Lipinski definition) is 5. The summed E-state index contributed by atoms with van der Waals surface area (Å²) in [5, 5.41) is 2.40. The first-order valence-corrected chi connectivity index (χ1v) is 13.2. The Hall–Kier alpha value is -1.63. The Kier molecular flexibility index (Phi) is 7.03. The zero-order valence-electron chi connectivity index (χ0n) is 14.0. The zero-order valence-corrected chi connectivity index (χ0v) is 17.7. The number of carbonyl (C=O) groups excluding carboxylic acids is 1. The molecule has 0 radical (unpaired) electrons. The maximum atomic E-state index is 14.8. The van der Waals surface area contributed by atoms with Gasteiger partial charge in [-0.2, -0.15) is 0 Å². The molecule has 10 heteroatoms. The van der Waals surface area contributed by atoms with Gasteiger partial charge in [-0.1, -0.05) is 0 Å². The van der Waals surface area contributed by atoms with Crippen molar-refractivity contribution in [1.82, 2.24) is 4.98 Å². The van der Waals surface area contributed by atoms with E-state index in [1.54, 1.807) is 13.0 Å².